The van der Waals surface area contributed by atoms with Crippen molar-refractivity contribution in [1.82, 2.24) is 5.32 Å². The van der Waals surface area contributed by atoms with Crippen LogP contribution in [0.2, 0.25) is 10.0 Å². The van der Waals surface area contributed by atoms with Gasteiger partial charge in [0.25, 0.3) is 0 Å². The molecule has 4 heteroatoms. The number of aryl methyl sites for hydroxylation is 1. The van der Waals surface area contributed by atoms with E-state index in [0.717, 1.165) is 17.4 Å². The highest BCUT2D eigenvalue weighted by Crippen LogP contribution is 2.44. The average molecular weight is 312 g/mol. The van der Waals surface area contributed by atoms with E-state index in [0.29, 0.717) is 28.9 Å². The molecule has 20 heavy (non-hydrogen) atoms. The Hall–Kier alpha value is -0.730. The second-order valence-corrected chi connectivity index (χ2v) is 6.77. The zero-order chi connectivity index (χ0) is 14.1. The summed E-state index contributed by atoms with van der Waals surface area (Å²) in [5, 5.41) is 4.36. The van der Waals surface area contributed by atoms with E-state index in [1.807, 2.05) is 12.1 Å². The molecule has 2 saturated carbocycles. The number of benzene rings is 1. The van der Waals surface area contributed by atoms with E-state index in [1.165, 1.54) is 25.7 Å². The van der Waals surface area contributed by atoms with E-state index < -0.39 is 0 Å². The molecule has 3 rings (SSSR count). The first-order valence-electron chi connectivity index (χ1n) is 7.37. The van der Waals surface area contributed by atoms with Crippen molar-refractivity contribution in [1.29, 1.82) is 0 Å². The lowest BCUT2D eigenvalue weighted by molar-refractivity contribution is -0.122. The lowest BCUT2D eigenvalue weighted by Gasteiger charge is -2.17. The lowest BCUT2D eigenvalue weighted by atomic mass is 10.1. The van der Waals surface area contributed by atoms with Crippen LogP contribution >= 0.6 is 23.2 Å². The molecule has 0 radical (unpaired) electrons. The molecule has 0 aliphatic heterocycles. The van der Waals surface area contributed by atoms with Gasteiger partial charge in [0, 0.05) is 12.5 Å². The Balaban J connectivity index is 1.52. The number of hydrogen-bond donors (Lipinski definition) is 1. The molecular formula is C16H19Cl2NO. The van der Waals surface area contributed by atoms with Gasteiger partial charge in [-0.05, 0) is 55.6 Å². The zero-order valence-electron chi connectivity index (χ0n) is 11.4. The van der Waals surface area contributed by atoms with E-state index in [4.69, 9.17) is 23.2 Å². The van der Waals surface area contributed by atoms with Crippen molar-refractivity contribution in [3.05, 3.63) is 33.8 Å². The van der Waals surface area contributed by atoms with Crippen LogP contribution in [0.1, 0.15) is 37.7 Å². The molecular weight excluding hydrogens is 293 g/mol. The van der Waals surface area contributed by atoms with Crippen LogP contribution in [0.5, 0.6) is 0 Å². The SMILES string of the molecule is O=C(CCc1cccc(Cl)c1Cl)NC(C1CC1)C1CC1. The summed E-state index contributed by atoms with van der Waals surface area (Å²) < 4.78 is 0. The van der Waals surface area contributed by atoms with Crippen LogP contribution < -0.4 is 5.32 Å². The molecule has 0 unspecified atom stereocenters. The van der Waals surface area contributed by atoms with Gasteiger partial charge >= 0.3 is 0 Å². The van der Waals surface area contributed by atoms with Crippen LogP contribution in [-0.4, -0.2) is 11.9 Å². The maximum absolute atomic E-state index is 12.1. The Kier molecular flexibility index (Phi) is 4.23. The minimum absolute atomic E-state index is 0.143. The van der Waals surface area contributed by atoms with Crippen molar-refractivity contribution in [2.75, 3.05) is 0 Å². The topological polar surface area (TPSA) is 29.1 Å². The molecule has 1 aromatic rings. The Morgan fingerprint density at radius 2 is 1.85 bits per heavy atom. The molecule has 1 N–H and O–H groups in total. The van der Waals surface area contributed by atoms with E-state index in [-0.39, 0.29) is 5.91 Å². The molecule has 1 aromatic carbocycles. The Labute approximate surface area is 129 Å². The van der Waals surface area contributed by atoms with Crippen molar-refractivity contribution < 1.29 is 4.79 Å². The molecule has 2 aliphatic rings. The predicted octanol–water partition coefficient (Wildman–Crippen LogP) is 4.23. The fourth-order valence-electron chi connectivity index (χ4n) is 2.78. The number of amides is 1. The van der Waals surface area contributed by atoms with Crippen molar-refractivity contribution in [2.45, 2.75) is 44.6 Å². The van der Waals surface area contributed by atoms with Gasteiger partial charge in [-0.25, -0.2) is 0 Å². The first-order chi connectivity index (χ1) is 9.65. The summed E-state index contributed by atoms with van der Waals surface area (Å²) >= 11 is 12.1. The fraction of sp³-hybridized carbons (Fsp3) is 0.562. The molecule has 0 saturated heterocycles. The Morgan fingerprint density at radius 1 is 1.20 bits per heavy atom. The monoisotopic (exact) mass is 311 g/mol. The van der Waals surface area contributed by atoms with Gasteiger partial charge in [-0.15, -0.1) is 0 Å². The average Bonchev–Trinajstić information content (AvgIpc) is 3.28. The van der Waals surface area contributed by atoms with E-state index in [2.05, 4.69) is 5.32 Å². The summed E-state index contributed by atoms with van der Waals surface area (Å²) in [6.07, 6.45) is 6.25. The molecule has 0 atom stereocenters. The van der Waals surface area contributed by atoms with Gasteiger partial charge in [0.2, 0.25) is 5.91 Å². The van der Waals surface area contributed by atoms with Gasteiger partial charge in [0.1, 0.15) is 0 Å². The normalized spacial score (nSPS) is 18.4. The number of carbonyl (C=O) groups excluding carboxylic acids is 1. The quantitative estimate of drug-likeness (QED) is 0.837. The molecule has 2 nitrogen and oxygen atoms in total. The second-order valence-electron chi connectivity index (χ2n) is 5.98. The van der Waals surface area contributed by atoms with Crippen LogP contribution in [0, 0.1) is 11.8 Å². The van der Waals surface area contributed by atoms with E-state index in [9.17, 15) is 4.79 Å². The van der Waals surface area contributed by atoms with Crippen molar-refractivity contribution >= 4 is 29.1 Å². The summed E-state index contributed by atoms with van der Waals surface area (Å²) in [4.78, 5) is 12.1. The number of halogens is 2. The van der Waals surface area contributed by atoms with Gasteiger partial charge in [-0.2, -0.15) is 0 Å². The minimum atomic E-state index is 0.143. The standard InChI is InChI=1S/C16H19Cl2NO/c17-13-3-1-2-10(15(13)18)8-9-14(20)19-16(11-4-5-11)12-6-7-12/h1-3,11-12,16H,4-9H2,(H,19,20). The number of carbonyl (C=O) groups is 1. The largest absolute Gasteiger partial charge is 0.353 e. The van der Waals surface area contributed by atoms with Crippen LogP contribution in [-0.2, 0) is 11.2 Å². The number of rotatable bonds is 6. The molecule has 2 aliphatic carbocycles. The third-order valence-electron chi connectivity index (χ3n) is 4.24. The summed E-state index contributed by atoms with van der Waals surface area (Å²) in [6.45, 7) is 0. The zero-order valence-corrected chi connectivity index (χ0v) is 12.9. The molecule has 1 amide bonds. The van der Waals surface area contributed by atoms with Gasteiger partial charge in [0.05, 0.1) is 10.0 Å². The van der Waals surface area contributed by atoms with Crippen molar-refractivity contribution in [2.24, 2.45) is 11.8 Å². The van der Waals surface area contributed by atoms with Gasteiger partial charge in [0.15, 0.2) is 0 Å². The predicted molar refractivity (Wildman–Crippen MR) is 82.2 cm³/mol. The molecule has 2 fully saturated rings. The summed E-state index contributed by atoms with van der Waals surface area (Å²) in [5.74, 6) is 1.62. The summed E-state index contributed by atoms with van der Waals surface area (Å²) in [6, 6.07) is 6.00. The van der Waals surface area contributed by atoms with Gasteiger partial charge in [-0.1, -0.05) is 35.3 Å². The smallest absolute Gasteiger partial charge is 0.220 e. The second kappa shape index (κ2) is 5.95. The molecule has 0 aromatic heterocycles. The van der Waals surface area contributed by atoms with Crippen LogP contribution in [0.15, 0.2) is 18.2 Å². The fourth-order valence-corrected chi connectivity index (χ4v) is 3.19. The number of hydrogen-bond acceptors (Lipinski definition) is 1. The third kappa shape index (κ3) is 3.48. The van der Waals surface area contributed by atoms with E-state index in [1.54, 1.807) is 6.07 Å². The van der Waals surface area contributed by atoms with Gasteiger partial charge < -0.3 is 5.32 Å². The maximum atomic E-state index is 12.1. The highest BCUT2D eigenvalue weighted by molar-refractivity contribution is 6.42. The molecule has 0 heterocycles. The van der Waals surface area contributed by atoms with Crippen molar-refractivity contribution in [3.63, 3.8) is 0 Å². The lowest BCUT2D eigenvalue weighted by Crippen LogP contribution is -2.38. The minimum Gasteiger partial charge on any atom is -0.353 e. The summed E-state index contributed by atoms with van der Waals surface area (Å²) in [7, 11) is 0. The molecule has 0 spiro atoms. The van der Waals surface area contributed by atoms with Crippen LogP contribution in [0.4, 0.5) is 0 Å². The highest BCUT2D eigenvalue weighted by Gasteiger charge is 2.42. The first kappa shape index (κ1) is 14.2. The third-order valence-corrected chi connectivity index (χ3v) is 5.10. The van der Waals surface area contributed by atoms with E-state index >= 15 is 0 Å². The summed E-state index contributed by atoms with van der Waals surface area (Å²) in [5.41, 5.74) is 0.948. The molecule has 108 valence electrons. The molecule has 0 bridgehead atoms. The van der Waals surface area contributed by atoms with Crippen LogP contribution in [0.3, 0.4) is 0 Å². The van der Waals surface area contributed by atoms with Crippen LogP contribution in [0.25, 0.3) is 0 Å². The highest BCUT2D eigenvalue weighted by atomic mass is 35.5. The maximum Gasteiger partial charge on any atom is 0.220 e. The van der Waals surface area contributed by atoms with Gasteiger partial charge in [-0.3, -0.25) is 4.79 Å². The first-order valence-corrected chi connectivity index (χ1v) is 8.13. The Morgan fingerprint density at radius 3 is 2.45 bits per heavy atom. The Bertz CT molecular complexity index is 497. The number of nitrogens with one attached hydrogen (secondary N) is 1. The van der Waals surface area contributed by atoms with Crippen molar-refractivity contribution in [3.8, 4) is 0 Å².